The van der Waals surface area contributed by atoms with E-state index in [1.807, 2.05) is 62.4 Å². The quantitative estimate of drug-likeness (QED) is 0.627. The minimum absolute atomic E-state index is 0.0883. The van der Waals surface area contributed by atoms with Crippen LogP contribution in [0.4, 0.5) is 0 Å². The minimum atomic E-state index is -0.532. The van der Waals surface area contributed by atoms with Crippen LogP contribution in [0.25, 0.3) is 0 Å². The van der Waals surface area contributed by atoms with E-state index in [1.165, 1.54) is 0 Å². The number of rotatable bonds is 7. The van der Waals surface area contributed by atoms with Crippen LogP contribution >= 0.6 is 23.2 Å². The zero-order valence-corrected chi connectivity index (χ0v) is 14.3. The average molecular weight is 339 g/mol. The Kier molecular flexibility index (Phi) is 6.41. The standard InChI is InChI=1S/C18H20Cl2O2/c1-3-21-15-9-5-13(6-10-15)17(18(19)20)14-7-11-16(12-8-14)22-4-2/h5-12,17-18H,3-4H2,1-2H3. The Morgan fingerprint density at radius 3 is 1.36 bits per heavy atom. The lowest BCUT2D eigenvalue weighted by atomic mass is 9.92. The molecular formula is C18H20Cl2O2. The van der Waals surface area contributed by atoms with Crippen molar-refractivity contribution < 1.29 is 9.47 Å². The van der Waals surface area contributed by atoms with Crippen LogP contribution in [0.5, 0.6) is 11.5 Å². The van der Waals surface area contributed by atoms with Crippen molar-refractivity contribution in [1.29, 1.82) is 0 Å². The molecule has 2 aromatic rings. The molecule has 0 atom stereocenters. The maximum Gasteiger partial charge on any atom is 0.119 e. The number of hydrogen-bond acceptors (Lipinski definition) is 2. The molecule has 0 fully saturated rings. The van der Waals surface area contributed by atoms with Gasteiger partial charge in [-0.2, -0.15) is 0 Å². The summed E-state index contributed by atoms with van der Waals surface area (Å²) in [7, 11) is 0. The highest BCUT2D eigenvalue weighted by atomic mass is 35.5. The van der Waals surface area contributed by atoms with Crippen LogP contribution in [0.1, 0.15) is 30.9 Å². The van der Waals surface area contributed by atoms with E-state index in [0.717, 1.165) is 22.6 Å². The first-order valence-electron chi connectivity index (χ1n) is 7.39. The van der Waals surface area contributed by atoms with Gasteiger partial charge in [-0.15, -0.1) is 23.2 Å². The fourth-order valence-electron chi connectivity index (χ4n) is 2.36. The lowest BCUT2D eigenvalue weighted by molar-refractivity contribution is 0.340. The molecule has 0 unspecified atom stereocenters. The summed E-state index contributed by atoms with van der Waals surface area (Å²) in [5.74, 6) is 1.60. The molecule has 0 bridgehead atoms. The molecule has 2 aromatic carbocycles. The normalized spacial score (nSPS) is 11.0. The van der Waals surface area contributed by atoms with Crippen molar-refractivity contribution in [1.82, 2.24) is 0 Å². The molecule has 4 heteroatoms. The first kappa shape index (κ1) is 17.0. The molecule has 0 saturated heterocycles. The summed E-state index contributed by atoms with van der Waals surface area (Å²) in [6, 6.07) is 15.8. The maximum absolute atomic E-state index is 6.22. The van der Waals surface area contributed by atoms with E-state index in [2.05, 4.69) is 0 Å². The van der Waals surface area contributed by atoms with Crippen molar-refractivity contribution >= 4 is 23.2 Å². The van der Waals surface area contributed by atoms with Gasteiger partial charge in [0.2, 0.25) is 0 Å². The van der Waals surface area contributed by atoms with Gasteiger partial charge >= 0.3 is 0 Å². The molecule has 2 rings (SSSR count). The summed E-state index contributed by atoms with van der Waals surface area (Å²) in [4.78, 5) is -0.532. The van der Waals surface area contributed by atoms with Gasteiger partial charge in [0.15, 0.2) is 0 Å². The monoisotopic (exact) mass is 338 g/mol. The molecular weight excluding hydrogens is 319 g/mol. The maximum atomic E-state index is 6.22. The Labute approximate surface area is 142 Å². The molecule has 118 valence electrons. The van der Waals surface area contributed by atoms with Gasteiger partial charge < -0.3 is 9.47 Å². The van der Waals surface area contributed by atoms with E-state index in [-0.39, 0.29) is 5.92 Å². The van der Waals surface area contributed by atoms with Gasteiger partial charge in [0.25, 0.3) is 0 Å². The fourth-order valence-corrected chi connectivity index (χ4v) is 2.94. The highest BCUT2D eigenvalue weighted by molar-refractivity contribution is 6.45. The van der Waals surface area contributed by atoms with Crippen LogP contribution in [0.3, 0.4) is 0 Å². The van der Waals surface area contributed by atoms with Crippen LogP contribution in [-0.4, -0.2) is 18.1 Å². The van der Waals surface area contributed by atoms with Gasteiger partial charge in [-0.1, -0.05) is 24.3 Å². The number of hydrogen-bond donors (Lipinski definition) is 0. The van der Waals surface area contributed by atoms with E-state index in [9.17, 15) is 0 Å². The van der Waals surface area contributed by atoms with Crippen LogP contribution in [-0.2, 0) is 0 Å². The van der Waals surface area contributed by atoms with Crippen molar-refractivity contribution in [2.45, 2.75) is 24.6 Å². The third-order valence-corrected chi connectivity index (χ3v) is 3.86. The first-order valence-corrected chi connectivity index (χ1v) is 8.26. The molecule has 0 aliphatic heterocycles. The molecule has 2 nitrogen and oxygen atoms in total. The average Bonchev–Trinajstić information content (AvgIpc) is 2.51. The summed E-state index contributed by atoms with van der Waals surface area (Å²) < 4.78 is 10.9. The van der Waals surface area contributed by atoms with E-state index >= 15 is 0 Å². The number of alkyl halides is 2. The molecule has 0 N–H and O–H groups in total. The molecule has 0 heterocycles. The third kappa shape index (κ3) is 4.31. The predicted molar refractivity (Wildman–Crippen MR) is 92.6 cm³/mol. The largest absolute Gasteiger partial charge is 0.494 e. The van der Waals surface area contributed by atoms with Crippen molar-refractivity contribution in [2.24, 2.45) is 0 Å². The van der Waals surface area contributed by atoms with E-state index in [0.29, 0.717) is 13.2 Å². The summed E-state index contributed by atoms with van der Waals surface area (Å²) in [5, 5.41) is 0. The Morgan fingerprint density at radius 2 is 1.09 bits per heavy atom. The Morgan fingerprint density at radius 1 is 0.727 bits per heavy atom. The third-order valence-electron chi connectivity index (χ3n) is 3.35. The second-order valence-corrected chi connectivity index (χ2v) is 5.98. The van der Waals surface area contributed by atoms with Crippen LogP contribution < -0.4 is 9.47 Å². The van der Waals surface area contributed by atoms with Gasteiger partial charge in [0, 0.05) is 5.92 Å². The topological polar surface area (TPSA) is 18.5 Å². The van der Waals surface area contributed by atoms with Crippen LogP contribution in [0.2, 0.25) is 0 Å². The van der Waals surface area contributed by atoms with Crippen molar-refractivity contribution in [2.75, 3.05) is 13.2 Å². The minimum Gasteiger partial charge on any atom is -0.494 e. The summed E-state index contributed by atoms with van der Waals surface area (Å²) >= 11 is 12.4. The summed E-state index contributed by atoms with van der Waals surface area (Å²) in [6.07, 6.45) is 0. The van der Waals surface area contributed by atoms with Crippen molar-refractivity contribution in [3.63, 3.8) is 0 Å². The van der Waals surface area contributed by atoms with Crippen LogP contribution in [0.15, 0.2) is 48.5 Å². The molecule has 22 heavy (non-hydrogen) atoms. The highest BCUT2D eigenvalue weighted by Crippen LogP contribution is 2.34. The SMILES string of the molecule is CCOc1ccc(C(c2ccc(OCC)cc2)C(Cl)Cl)cc1. The molecule has 0 spiro atoms. The van der Waals surface area contributed by atoms with Crippen LogP contribution in [0, 0.1) is 0 Å². The Hall–Kier alpha value is -1.38. The lowest BCUT2D eigenvalue weighted by Crippen LogP contribution is -2.09. The highest BCUT2D eigenvalue weighted by Gasteiger charge is 2.21. The van der Waals surface area contributed by atoms with E-state index in [4.69, 9.17) is 32.7 Å². The second kappa shape index (κ2) is 8.30. The van der Waals surface area contributed by atoms with Gasteiger partial charge in [0.05, 0.1) is 13.2 Å². The zero-order valence-electron chi connectivity index (χ0n) is 12.8. The van der Waals surface area contributed by atoms with Crippen molar-refractivity contribution in [3.8, 4) is 11.5 Å². The summed E-state index contributed by atoms with van der Waals surface area (Å²) in [5.41, 5.74) is 2.12. The summed E-state index contributed by atoms with van der Waals surface area (Å²) in [6.45, 7) is 5.22. The predicted octanol–water partition coefficient (Wildman–Crippen LogP) is 5.42. The van der Waals surface area contributed by atoms with Crippen molar-refractivity contribution in [3.05, 3.63) is 59.7 Å². The van der Waals surface area contributed by atoms with E-state index < -0.39 is 4.84 Å². The smallest absolute Gasteiger partial charge is 0.119 e. The molecule has 0 radical (unpaired) electrons. The number of halogens is 2. The first-order chi connectivity index (χ1) is 10.7. The number of ether oxygens (including phenoxy) is 2. The molecule has 0 saturated carbocycles. The van der Waals surface area contributed by atoms with Gasteiger partial charge in [0.1, 0.15) is 16.3 Å². The number of benzene rings is 2. The lowest BCUT2D eigenvalue weighted by Gasteiger charge is -2.20. The zero-order chi connectivity index (χ0) is 15.9. The van der Waals surface area contributed by atoms with Gasteiger partial charge in [-0.05, 0) is 49.2 Å². The Balaban J connectivity index is 2.25. The molecule has 0 aliphatic carbocycles. The van der Waals surface area contributed by atoms with E-state index in [1.54, 1.807) is 0 Å². The molecule has 0 aromatic heterocycles. The molecule has 0 amide bonds. The van der Waals surface area contributed by atoms with Gasteiger partial charge in [-0.3, -0.25) is 0 Å². The second-order valence-electron chi connectivity index (χ2n) is 4.82. The Bertz CT molecular complexity index is 515. The fraction of sp³-hybridized carbons (Fsp3) is 0.333. The molecule has 0 aliphatic rings. The van der Waals surface area contributed by atoms with Gasteiger partial charge in [-0.25, -0.2) is 0 Å².